The van der Waals surface area contributed by atoms with E-state index < -0.39 is 0 Å². The van der Waals surface area contributed by atoms with Gasteiger partial charge in [-0.1, -0.05) is 69.3 Å². The van der Waals surface area contributed by atoms with Crippen LogP contribution < -0.4 is 0 Å². The number of aromatic amines is 6. The van der Waals surface area contributed by atoms with E-state index in [4.69, 9.17) is 32.9 Å². The average molecular weight is 1890 g/mol. The van der Waals surface area contributed by atoms with Gasteiger partial charge in [-0.25, -0.2) is 80.8 Å². The minimum Gasteiger partial charge on any atom is -0.322 e. The number of H-pyrrole nitrogens is 6. The van der Waals surface area contributed by atoms with Gasteiger partial charge >= 0.3 is 0 Å². The lowest BCUT2D eigenvalue weighted by Crippen LogP contribution is -2.12. The molecule has 0 aliphatic heterocycles. The number of aromatic nitrogens is 39. The molecule has 0 amide bonds. The molecule has 0 saturated heterocycles. The van der Waals surface area contributed by atoms with Gasteiger partial charge in [0.2, 0.25) is 39.3 Å². The van der Waals surface area contributed by atoms with Gasteiger partial charge in [-0.2, -0.15) is 44.3 Å². The highest BCUT2D eigenvalue weighted by Gasteiger charge is 2.29. The summed E-state index contributed by atoms with van der Waals surface area (Å²) < 4.78 is 20.2. The van der Waals surface area contributed by atoms with Gasteiger partial charge in [0, 0.05) is 47.1 Å². The van der Waals surface area contributed by atoms with Gasteiger partial charge in [0.05, 0.1) is 103 Å². The maximum atomic E-state index is 7.77. The highest BCUT2D eigenvalue weighted by Crippen LogP contribution is 2.44. The maximum Gasteiger partial charge on any atom is 0.261 e. The summed E-state index contributed by atoms with van der Waals surface area (Å²) in [6.07, 6.45) is 12.3. The SMILES string of the molecule is [C-]#[N+]c1c(-c2ccccn2)nn(-c2ccccn2)c1N=Nc1c(C)[nH]n2c(C)nnc12.[C-]#[N+]c1cnn(-c2cccnn2)c1N=Nc1c(C)[nH]n2c(C)nnc12.[C-]#[N+]c1cnn(-c2nc(C)ns2)c1N=Nc1c(C)[nH]n2c(C)nnc12.[C-]#[N+]c1cnn(-c2nc3ccccc3[nH]2)c1N=Nc1c(C)[nH]n2c(C)nnc12.[C-]#[N+]c1cnn(-c2nccc3ccccc23)c1N=Nc1c(C(C)(C)C)[nH]n2c(C)nnc12. The van der Waals surface area contributed by atoms with Crippen molar-refractivity contribution in [3.05, 3.63) is 273 Å². The van der Waals surface area contributed by atoms with Crippen LogP contribution in [0.5, 0.6) is 0 Å². The Morgan fingerprint density at radius 1 is 0.369 bits per heavy atom. The van der Waals surface area contributed by atoms with Crippen molar-refractivity contribution in [2.45, 2.75) is 95.4 Å². The van der Waals surface area contributed by atoms with Gasteiger partial charge in [0.25, 0.3) is 28.4 Å². The third kappa shape index (κ3) is 17.0. The Kier molecular flexibility index (Phi) is 23.7. The fraction of sp³-hybridized carbons (Fsp3) is 0.163. The highest BCUT2D eigenvalue weighted by molar-refractivity contribution is 7.08. The van der Waals surface area contributed by atoms with Crippen LogP contribution in [0, 0.1) is 102 Å². The van der Waals surface area contributed by atoms with Gasteiger partial charge in [-0.15, -0.1) is 107 Å². The number of para-hydroxylation sites is 2. The number of fused-ring (bicyclic) bond motifs is 7. The second-order valence-corrected chi connectivity index (χ2v) is 32.3. The van der Waals surface area contributed by atoms with Crippen LogP contribution in [0.2, 0.25) is 0 Å². The van der Waals surface area contributed by atoms with Crippen LogP contribution in [-0.2, 0) is 5.41 Å². The molecule has 141 heavy (non-hydrogen) atoms. The first-order chi connectivity index (χ1) is 68.5. The van der Waals surface area contributed by atoms with Crippen LogP contribution in [0.15, 0.2) is 204 Å². The van der Waals surface area contributed by atoms with E-state index in [1.807, 2.05) is 129 Å². The molecule has 23 rings (SSSR count). The van der Waals surface area contributed by atoms with Crippen molar-refractivity contribution in [2.75, 3.05) is 0 Å². The minimum absolute atomic E-state index is 0.231. The van der Waals surface area contributed by atoms with Crippen molar-refractivity contribution in [1.29, 1.82) is 0 Å². The van der Waals surface area contributed by atoms with Crippen molar-refractivity contribution < 1.29 is 0 Å². The van der Waals surface area contributed by atoms with E-state index in [9.17, 15) is 0 Å². The summed E-state index contributed by atoms with van der Waals surface area (Å²) in [6.45, 7) is 62.0. The summed E-state index contributed by atoms with van der Waals surface area (Å²) in [5.74, 6) is 7.61. The number of imidazole rings is 1. The molecule has 0 spiro atoms. The summed E-state index contributed by atoms with van der Waals surface area (Å²) in [4.78, 5) is 42.8. The highest BCUT2D eigenvalue weighted by atomic mass is 32.1. The van der Waals surface area contributed by atoms with Crippen LogP contribution in [0.25, 0.3) is 114 Å². The smallest absolute Gasteiger partial charge is 0.261 e. The number of hydrogen-bond acceptors (Lipinski definition) is 34. The molecule has 21 aromatic heterocycles. The molecule has 21 heterocycles. The Hall–Kier alpha value is -20.8. The van der Waals surface area contributed by atoms with E-state index in [0.29, 0.717) is 132 Å². The number of nitrogens with one attached hydrogen (secondary N) is 6. The van der Waals surface area contributed by atoms with E-state index in [1.165, 1.54) is 55.0 Å². The van der Waals surface area contributed by atoms with Gasteiger partial charge in [0.1, 0.15) is 40.6 Å². The molecule has 0 radical (unpaired) electrons. The second kappa shape index (κ2) is 37.3. The van der Waals surface area contributed by atoms with Crippen molar-refractivity contribution >= 4 is 148 Å². The molecule has 55 heteroatoms. The lowest BCUT2D eigenvalue weighted by atomic mass is 9.91. The van der Waals surface area contributed by atoms with Gasteiger partial charge in [0.15, 0.2) is 75.0 Å². The zero-order valence-electron chi connectivity index (χ0n) is 76.3. The molecule has 0 fully saturated rings. The van der Waals surface area contributed by atoms with Crippen molar-refractivity contribution in [2.24, 2.45) is 51.1 Å². The number of hydrogen-bond donors (Lipinski definition) is 6. The molecule has 0 aliphatic carbocycles. The van der Waals surface area contributed by atoms with Crippen LogP contribution in [0.1, 0.15) is 84.2 Å². The van der Waals surface area contributed by atoms with Gasteiger partial charge < -0.3 is 4.98 Å². The predicted octanol–water partition coefficient (Wildman–Crippen LogP) is 19.0. The Morgan fingerprint density at radius 3 is 1.30 bits per heavy atom. The summed E-state index contributed by atoms with van der Waals surface area (Å²) in [5, 5.41) is 132. The first-order valence-corrected chi connectivity index (χ1v) is 42.9. The third-order valence-electron chi connectivity index (χ3n) is 21.2. The predicted molar refractivity (Wildman–Crippen MR) is 508 cm³/mol. The molecular formula is C86H70N54S. The number of pyridine rings is 3. The van der Waals surface area contributed by atoms with Crippen molar-refractivity contribution in [3.63, 3.8) is 0 Å². The molecule has 54 nitrogen and oxygen atoms in total. The number of benzene rings is 2. The summed E-state index contributed by atoms with van der Waals surface area (Å²) >= 11 is 1.18. The third-order valence-corrected chi connectivity index (χ3v) is 21.9. The molecular weight excluding hydrogens is 1820 g/mol. The lowest BCUT2D eigenvalue weighted by molar-refractivity contribution is 0.561. The monoisotopic (exact) mass is 1890 g/mol. The lowest BCUT2D eigenvalue weighted by Gasteiger charge is -2.16. The topological polar surface area (TPSA) is 583 Å². The Labute approximate surface area is 795 Å². The van der Waals surface area contributed by atoms with Gasteiger partial charge in [-0.3, -0.25) is 30.5 Å². The number of rotatable bonds is 16. The number of aryl methyl sites for hydroxylation is 10. The average Bonchev–Trinajstić information content (AvgIpc) is 1.60. The number of azo groups is 5. The van der Waals surface area contributed by atoms with Crippen LogP contribution in [0.4, 0.5) is 86.0 Å². The Morgan fingerprint density at radius 2 is 0.816 bits per heavy atom. The Bertz CT molecular complexity index is 9040. The molecule has 690 valence electrons. The largest absolute Gasteiger partial charge is 0.322 e. The van der Waals surface area contributed by atoms with Crippen LogP contribution >= 0.6 is 11.5 Å². The van der Waals surface area contributed by atoms with E-state index >= 15 is 0 Å². The van der Waals surface area contributed by atoms with Crippen molar-refractivity contribution in [3.8, 4) is 39.9 Å². The van der Waals surface area contributed by atoms with Crippen molar-refractivity contribution in [1.82, 2.24) is 192 Å². The van der Waals surface area contributed by atoms with E-state index in [0.717, 1.165) is 61.9 Å². The van der Waals surface area contributed by atoms with Crippen LogP contribution in [-0.4, -0.2) is 192 Å². The molecule has 2 aromatic carbocycles. The molecule has 0 unspecified atom stereocenters. The minimum atomic E-state index is -0.235. The quantitative estimate of drug-likeness (QED) is 0.0386. The summed E-state index contributed by atoms with van der Waals surface area (Å²) in [6, 6.07) is 31.7. The molecule has 0 atom stereocenters. The molecule has 0 saturated carbocycles. The zero-order chi connectivity index (χ0) is 98.0. The molecule has 0 bridgehead atoms. The molecule has 0 aliphatic rings. The summed E-state index contributed by atoms with van der Waals surface area (Å²) in [5.41, 5.74) is 13.3. The van der Waals surface area contributed by atoms with E-state index in [-0.39, 0.29) is 51.3 Å². The van der Waals surface area contributed by atoms with E-state index in [2.05, 4.69) is 243 Å². The zero-order valence-corrected chi connectivity index (χ0v) is 77.1. The van der Waals surface area contributed by atoms with E-state index in [1.54, 1.807) is 95.4 Å². The fourth-order valence-electron chi connectivity index (χ4n) is 14.3. The standard InChI is InChI=1S/C22H20N10.C20H15N11.C17H13N11.C14H11N11.C13H11N11S/c1-13-26-29-21-17(18(22(2,3)4)30-31(13)21)27-28-20-16(23-5)12-25-32(20)19-15-9-7-6-8-14(15)10-11-24-19;1-12-16(19-26-24-13(2)30(19)28-12)25-27-20-18(21-3)17(14-8-4-6-10-22-14)29-31(20)15-9-5-7-11-23-15;1-9-14(16-25-22-10(2)27(16)26-9)23-24-15-13(18-3)8-19-28(15)17-20-11-6-4-5-7-12(11)21-17;1-8-12(14-22-18-9(2)24(14)23-8)20-21-13-10(15-3)7-17-25(13)11-5-4-6-16-19-11;1-6-10(12-20-17-8(3)23(12)21-6)18-19-11-9(14-4)5-15-24(11)13-16-7(2)22-25-13/h6-12,30H,1-4H3;4-11,28H,1-2H3;4-8,26H,1-2H3,(H,20,21);4-7,23H,1-2H3;5,21H,1-3H3. The second-order valence-electron chi connectivity index (χ2n) is 31.6. The first-order valence-electron chi connectivity index (χ1n) is 42.2. The first kappa shape index (κ1) is 89.4. The number of nitrogens with zero attached hydrogens (tertiary/aromatic N) is 48. The Balaban J connectivity index is 0.000000112. The van der Waals surface area contributed by atoms with Crippen LogP contribution in [0.3, 0.4) is 0 Å². The molecule has 6 N–H and O–H groups in total. The maximum absolute atomic E-state index is 7.77. The van der Waals surface area contributed by atoms with Gasteiger partial charge in [-0.05, 0) is 129 Å². The fourth-order valence-corrected chi connectivity index (χ4v) is 14.9. The normalized spacial score (nSPS) is 11.7. The molecule has 23 aromatic rings. The summed E-state index contributed by atoms with van der Waals surface area (Å²) in [7, 11) is 0.